The van der Waals surface area contributed by atoms with Crippen molar-refractivity contribution in [2.24, 2.45) is 0 Å². The van der Waals surface area contributed by atoms with Crippen molar-refractivity contribution in [2.45, 2.75) is 31.7 Å². The average molecular weight is 393 g/mol. The molecule has 152 valence electrons. The van der Waals surface area contributed by atoms with E-state index in [0.717, 1.165) is 50.3 Å². The van der Waals surface area contributed by atoms with Gasteiger partial charge in [-0.3, -0.25) is 4.79 Å². The van der Waals surface area contributed by atoms with Crippen molar-refractivity contribution in [3.63, 3.8) is 0 Å². The van der Waals surface area contributed by atoms with E-state index < -0.39 is 0 Å². The normalized spacial score (nSPS) is 17.4. The first-order chi connectivity index (χ1) is 14.2. The van der Waals surface area contributed by atoms with E-state index in [4.69, 9.17) is 0 Å². The smallest absolute Gasteiger partial charge is 0.319 e. The van der Waals surface area contributed by atoms with E-state index in [1.54, 1.807) is 6.20 Å². The van der Waals surface area contributed by atoms with E-state index in [9.17, 15) is 9.59 Å². The minimum absolute atomic E-state index is 0.150. The van der Waals surface area contributed by atoms with Crippen molar-refractivity contribution in [2.75, 3.05) is 36.4 Å². The first kappa shape index (κ1) is 19.2. The second kappa shape index (κ2) is 8.94. The highest BCUT2D eigenvalue weighted by molar-refractivity contribution is 5.92. The molecule has 1 unspecified atom stereocenters. The Morgan fingerprint density at radius 3 is 2.55 bits per heavy atom. The Morgan fingerprint density at radius 1 is 1.03 bits per heavy atom. The molecule has 2 N–H and O–H groups in total. The molecule has 2 saturated heterocycles. The van der Waals surface area contributed by atoms with Gasteiger partial charge in [-0.2, -0.15) is 0 Å². The van der Waals surface area contributed by atoms with Crippen molar-refractivity contribution in [3.8, 4) is 0 Å². The van der Waals surface area contributed by atoms with Crippen molar-refractivity contribution in [3.05, 3.63) is 54.2 Å². The third kappa shape index (κ3) is 4.67. The molecule has 3 heterocycles. The molecule has 0 aliphatic carbocycles. The summed E-state index contributed by atoms with van der Waals surface area (Å²) >= 11 is 0. The predicted octanol–water partition coefficient (Wildman–Crippen LogP) is 3.17. The van der Waals surface area contributed by atoms with E-state index in [1.807, 2.05) is 47.4 Å². The van der Waals surface area contributed by atoms with Gasteiger partial charge in [-0.05, 0) is 37.0 Å². The third-order valence-electron chi connectivity index (χ3n) is 5.52. The summed E-state index contributed by atoms with van der Waals surface area (Å²) in [4.78, 5) is 33.4. The zero-order valence-corrected chi connectivity index (χ0v) is 16.5. The topological polar surface area (TPSA) is 77.6 Å². The van der Waals surface area contributed by atoms with E-state index in [-0.39, 0.29) is 18.0 Å². The van der Waals surface area contributed by atoms with Crippen molar-refractivity contribution < 1.29 is 9.59 Å². The van der Waals surface area contributed by atoms with Crippen molar-refractivity contribution >= 4 is 23.4 Å². The van der Waals surface area contributed by atoms with Gasteiger partial charge < -0.3 is 20.4 Å². The molecular weight excluding hydrogens is 366 g/mol. The van der Waals surface area contributed by atoms with Crippen LogP contribution in [0, 0.1) is 0 Å². The van der Waals surface area contributed by atoms with Crippen LogP contribution in [-0.2, 0) is 4.79 Å². The Labute approximate surface area is 171 Å². The average Bonchev–Trinajstić information content (AvgIpc) is 3.41. The number of hydrogen-bond donors (Lipinski definition) is 2. The summed E-state index contributed by atoms with van der Waals surface area (Å²) < 4.78 is 0. The van der Waals surface area contributed by atoms with Crippen molar-refractivity contribution in [1.82, 2.24) is 15.2 Å². The number of benzene rings is 1. The molecular formula is C22H27N5O2. The Bertz CT molecular complexity index is 851. The number of nitrogens with zero attached hydrogens (tertiary/aromatic N) is 3. The molecule has 0 radical (unpaired) electrons. The van der Waals surface area contributed by atoms with Crippen LogP contribution in [0.25, 0.3) is 0 Å². The number of amides is 3. The minimum Gasteiger partial charge on any atom is -0.355 e. The monoisotopic (exact) mass is 393 g/mol. The summed E-state index contributed by atoms with van der Waals surface area (Å²) in [5, 5.41) is 6.02. The van der Waals surface area contributed by atoms with Gasteiger partial charge in [0.1, 0.15) is 0 Å². The highest BCUT2D eigenvalue weighted by Crippen LogP contribution is 2.26. The highest BCUT2D eigenvalue weighted by Gasteiger charge is 2.26. The summed E-state index contributed by atoms with van der Waals surface area (Å²) in [6.45, 7) is 3.13. The van der Waals surface area contributed by atoms with Crippen molar-refractivity contribution in [1.29, 1.82) is 0 Å². The number of nitrogens with one attached hydrogen (secondary N) is 2. The lowest BCUT2D eigenvalue weighted by Crippen LogP contribution is -2.40. The van der Waals surface area contributed by atoms with Gasteiger partial charge >= 0.3 is 6.03 Å². The number of aromatic nitrogens is 1. The fraction of sp³-hybridized carbons (Fsp3) is 0.409. The Balaban J connectivity index is 1.47. The summed E-state index contributed by atoms with van der Waals surface area (Å²) in [7, 11) is 0. The van der Waals surface area contributed by atoms with Crippen LogP contribution in [0.1, 0.15) is 37.3 Å². The number of hydrogen-bond acceptors (Lipinski definition) is 4. The van der Waals surface area contributed by atoms with Gasteiger partial charge in [0.05, 0.1) is 11.7 Å². The van der Waals surface area contributed by atoms with Crippen LogP contribution in [0.2, 0.25) is 0 Å². The lowest BCUT2D eigenvalue weighted by atomic mass is 10.1. The van der Waals surface area contributed by atoms with E-state index in [2.05, 4.69) is 20.5 Å². The summed E-state index contributed by atoms with van der Waals surface area (Å²) in [6, 6.07) is 12.9. The maximum absolute atomic E-state index is 12.8. The molecule has 29 heavy (non-hydrogen) atoms. The second-order valence-electron chi connectivity index (χ2n) is 7.57. The molecule has 7 nitrogen and oxygen atoms in total. The molecule has 4 rings (SSSR count). The molecule has 1 atom stereocenters. The van der Waals surface area contributed by atoms with Crippen LogP contribution in [0.3, 0.4) is 0 Å². The molecule has 0 saturated carbocycles. The lowest BCUT2D eigenvalue weighted by molar-refractivity contribution is -0.128. The zero-order valence-electron chi connectivity index (χ0n) is 16.5. The zero-order chi connectivity index (χ0) is 20.1. The van der Waals surface area contributed by atoms with Crippen LogP contribution < -0.4 is 15.5 Å². The van der Waals surface area contributed by atoms with Crippen LogP contribution >= 0.6 is 0 Å². The third-order valence-corrected chi connectivity index (χ3v) is 5.52. The van der Waals surface area contributed by atoms with Crippen LogP contribution in [0.4, 0.5) is 16.3 Å². The molecule has 1 aromatic heterocycles. The number of rotatable bonds is 6. The Hall–Kier alpha value is -3.09. The summed E-state index contributed by atoms with van der Waals surface area (Å²) in [5.41, 5.74) is 1.68. The highest BCUT2D eigenvalue weighted by atomic mass is 16.2. The van der Waals surface area contributed by atoms with Gasteiger partial charge in [0.2, 0.25) is 5.91 Å². The molecule has 0 bridgehead atoms. The molecule has 2 fully saturated rings. The first-order valence-electron chi connectivity index (χ1n) is 10.3. The second-order valence-corrected chi connectivity index (χ2v) is 7.57. The van der Waals surface area contributed by atoms with E-state index >= 15 is 0 Å². The summed E-state index contributed by atoms with van der Waals surface area (Å²) in [5.74, 6) is 0.961. The molecule has 3 amide bonds. The molecule has 0 spiro atoms. The van der Waals surface area contributed by atoms with Crippen LogP contribution in [-0.4, -0.2) is 48.0 Å². The van der Waals surface area contributed by atoms with Gasteiger partial charge in [-0.1, -0.05) is 30.3 Å². The Kier molecular flexibility index (Phi) is 5.93. The maximum Gasteiger partial charge on any atom is 0.319 e. The van der Waals surface area contributed by atoms with Gasteiger partial charge in [-0.15, -0.1) is 0 Å². The number of carbonyl (C=O) groups is 2. The van der Waals surface area contributed by atoms with Gasteiger partial charge in [0.25, 0.3) is 0 Å². The first-order valence-corrected chi connectivity index (χ1v) is 10.3. The molecule has 7 heteroatoms. The number of anilines is 2. The molecule has 2 aliphatic rings. The number of urea groups is 1. The van der Waals surface area contributed by atoms with E-state index in [0.29, 0.717) is 18.7 Å². The van der Waals surface area contributed by atoms with Crippen LogP contribution in [0.5, 0.6) is 0 Å². The standard InChI is InChI=1S/C22H27N5O2/c28-20-11-7-15-27(20)16-19(17-8-2-1-3-9-17)25-22(29)24-18-10-6-12-23-21(18)26-13-4-5-14-26/h1-3,6,8-10,12,19H,4-5,7,11,13-16H2,(H2,24,25,29). The van der Waals surface area contributed by atoms with Gasteiger partial charge in [0, 0.05) is 38.8 Å². The van der Waals surface area contributed by atoms with Crippen LogP contribution in [0.15, 0.2) is 48.7 Å². The summed E-state index contributed by atoms with van der Waals surface area (Å²) in [6.07, 6.45) is 5.50. The molecule has 1 aromatic carbocycles. The fourth-order valence-electron chi connectivity index (χ4n) is 4.03. The maximum atomic E-state index is 12.8. The molecule has 2 aromatic rings. The quantitative estimate of drug-likeness (QED) is 0.790. The number of carbonyl (C=O) groups excluding carboxylic acids is 2. The van der Waals surface area contributed by atoms with Gasteiger partial charge in [0.15, 0.2) is 5.82 Å². The lowest BCUT2D eigenvalue weighted by Gasteiger charge is -2.26. The fourth-order valence-corrected chi connectivity index (χ4v) is 4.03. The molecule has 2 aliphatic heterocycles. The largest absolute Gasteiger partial charge is 0.355 e. The van der Waals surface area contributed by atoms with Gasteiger partial charge in [-0.25, -0.2) is 9.78 Å². The van der Waals surface area contributed by atoms with E-state index in [1.165, 1.54) is 0 Å². The number of pyridine rings is 1. The predicted molar refractivity (Wildman–Crippen MR) is 113 cm³/mol. The number of likely N-dealkylation sites (tertiary alicyclic amines) is 1. The SMILES string of the molecule is O=C(Nc1cccnc1N1CCCC1)NC(CN1CCCC1=O)c1ccccc1. The Morgan fingerprint density at radius 2 is 1.83 bits per heavy atom. The minimum atomic E-state index is -0.293.